The van der Waals surface area contributed by atoms with Crippen molar-refractivity contribution in [3.63, 3.8) is 0 Å². The lowest BCUT2D eigenvalue weighted by molar-refractivity contribution is -0.133. The summed E-state index contributed by atoms with van der Waals surface area (Å²) in [5, 5.41) is 14.2. The number of nitrogens with one attached hydrogen (secondary N) is 2. The van der Waals surface area contributed by atoms with Crippen LogP contribution in [0.25, 0.3) is 0 Å². The number of rotatable bonds is 5. The fourth-order valence-corrected chi connectivity index (χ4v) is 2.12. The molecule has 0 aromatic heterocycles. The quantitative estimate of drug-likeness (QED) is 0.609. The molecule has 5 heteroatoms. The molecule has 2 amide bonds. The van der Waals surface area contributed by atoms with Crippen molar-refractivity contribution in [2.24, 2.45) is 5.92 Å². The zero-order valence-electron chi connectivity index (χ0n) is 9.88. The van der Waals surface area contributed by atoms with Crippen LogP contribution < -0.4 is 10.6 Å². The maximum atomic E-state index is 11.8. The van der Waals surface area contributed by atoms with Crippen LogP contribution in [0.5, 0.6) is 0 Å². The van der Waals surface area contributed by atoms with Crippen LogP contribution in [0.15, 0.2) is 0 Å². The van der Waals surface area contributed by atoms with Crippen LogP contribution in [0, 0.1) is 5.92 Å². The number of amides is 2. The van der Waals surface area contributed by atoms with Gasteiger partial charge in [0, 0.05) is 13.0 Å². The Morgan fingerprint density at radius 3 is 2.81 bits per heavy atom. The SMILES string of the molecule is CCC(C)C1(NC(=O)CCO)CCNC1=O. The minimum atomic E-state index is -0.777. The molecule has 0 spiro atoms. The highest BCUT2D eigenvalue weighted by atomic mass is 16.3. The van der Waals surface area contributed by atoms with Crippen LogP contribution in [0.2, 0.25) is 0 Å². The van der Waals surface area contributed by atoms with Gasteiger partial charge in [0.15, 0.2) is 0 Å². The number of hydrogen-bond donors (Lipinski definition) is 3. The molecule has 0 bridgehead atoms. The van der Waals surface area contributed by atoms with E-state index in [0.717, 1.165) is 6.42 Å². The summed E-state index contributed by atoms with van der Waals surface area (Å²) >= 11 is 0. The van der Waals surface area contributed by atoms with Gasteiger partial charge in [-0.2, -0.15) is 0 Å². The summed E-state index contributed by atoms with van der Waals surface area (Å²) in [5.41, 5.74) is -0.777. The highest BCUT2D eigenvalue weighted by Gasteiger charge is 2.46. The fourth-order valence-electron chi connectivity index (χ4n) is 2.12. The molecule has 0 aromatic carbocycles. The number of carbonyl (C=O) groups is 2. The lowest BCUT2D eigenvalue weighted by Gasteiger charge is -2.33. The maximum Gasteiger partial charge on any atom is 0.246 e. The highest BCUT2D eigenvalue weighted by molar-refractivity contribution is 5.93. The minimum Gasteiger partial charge on any atom is -0.396 e. The van der Waals surface area contributed by atoms with E-state index in [9.17, 15) is 9.59 Å². The zero-order chi connectivity index (χ0) is 12.2. The Hall–Kier alpha value is -1.10. The van der Waals surface area contributed by atoms with Gasteiger partial charge in [-0.05, 0) is 12.3 Å². The molecule has 1 aliphatic heterocycles. The van der Waals surface area contributed by atoms with Crippen molar-refractivity contribution in [2.75, 3.05) is 13.2 Å². The average molecular weight is 228 g/mol. The van der Waals surface area contributed by atoms with Gasteiger partial charge in [-0.25, -0.2) is 0 Å². The second-order valence-corrected chi connectivity index (χ2v) is 4.31. The normalized spacial score (nSPS) is 26.3. The van der Waals surface area contributed by atoms with Crippen LogP contribution in [-0.4, -0.2) is 35.6 Å². The number of aliphatic hydroxyl groups is 1. The van der Waals surface area contributed by atoms with Gasteiger partial charge in [-0.3, -0.25) is 9.59 Å². The topological polar surface area (TPSA) is 78.4 Å². The van der Waals surface area contributed by atoms with Crippen molar-refractivity contribution in [3.8, 4) is 0 Å². The van der Waals surface area contributed by atoms with Gasteiger partial charge in [0.1, 0.15) is 5.54 Å². The molecule has 2 atom stereocenters. The summed E-state index contributed by atoms with van der Waals surface area (Å²) < 4.78 is 0. The monoisotopic (exact) mass is 228 g/mol. The Balaban J connectivity index is 2.79. The molecule has 92 valence electrons. The Morgan fingerprint density at radius 2 is 2.38 bits per heavy atom. The fraction of sp³-hybridized carbons (Fsp3) is 0.818. The van der Waals surface area contributed by atoms with Crippen LogP contribution in [0.3, 0.4) is 0 Å². The lowest BCUT2D eigenvalue weighted by atomic mass is 9.81. The number of hydrogen-bond acceptors (Lipinski definition) is 3. The third kappa shape index (κ3) is 2.35. The van der Waals surface area contributed by atoms with E-state index in [1.54, 1.807) is 0 Å². The van der Waals surface area contributed by atoms with Gasteiger partial charge in [-0.1, -0.05) is 20.3 Å². The van der Waals surface area contributed by atoms with Crippen LogP contribution >= 0.6 is 0 Å². The average Bonchev–Trinajstić information content (AvgIpc) is 2.60. The molecule has 0 radical (unpaired) electrons. The molecule has 1 saturated heterocycles. The third-order valence-electron chi connectivity index (χ3n) is 3.37. The standard InChI is InChI=1S/C11H20N2O3/c1-3-8(2)11(5-6-12-10(11)16)13-9(15)4-7-14/h8,14H,3-7H2,1-2H3,(H,12,16)(H,13,15). The summed E-state index contributed by atoms with van der Waals surface area (Å²) in [4.78, 5) is 23.4. The molecule has 0 saturated carbocycles. The van der Waals surface area contributed by atoms with E-state index >= 15 is 0 Å². The first kappa shape index (κ1) is 13.0. The van der Waals surface area contributed by atoms with Crippen molar-refractivity contribution in [2.45, 2.75) is 38.6 Å². The summed E-state index contributed by atoms with van der Waals surface area (Å²) in [6.45, 7) is 4.37. The molecule has 1 heterocycles. The summed E-state index contributed by atoms with van der Waals surface area (Å²) in [6.07, 6.45) is 1.50. The molecule has 3 N–H and O–H groups in total. The predicted octanol–water partition coefficient (Wildman–Crippen LogP) is -0.210. The predicted molar refractivity (Wildman–Crippen MR) is 59.7 cm³/mol. The molecule has 2 unspecified atom stereocenters. The first-order valence-corrected chi connectivity index (χ1v) is 5.77. The lowest BCUT2D eigenvalue weighted by Crippen LogP contribution is -2.57. The van der Waals surface area contributed by atoms with Gasteiger partial charge >= 0.3 is 0 Å². The van der Waals surface area contributed by atoms with E-state index in [2.05, 4.69) is 10.6 Å². The van der Waals surface area contributed by atoms with E-state index in [4.69, 9.17) is 5.11 Å². The number of carbonyl (C=O) groups excluding carboxylic acids is 2. The molecule has 1 aliphatic rings. The van der Waals surface area contributed by atoms with E-state index in [1.807, 2.05) is 13.8 Å². The summed E-state index contributed by atoms with van der Waals surface area (Å²) in [5.74, 6) is -0.273. The summed E-state index contributed by atoms with van der Waals surface area (Å²) in [7, 11) is 0. The molecule has 0 aromatic rings. The van der Waals surface area contributed by atoms with Crippen molar-refractivity contribution in [3.05, 3.63) is 0 Å². The molecule has 5 nitrogen and oxygen atoms in total. The maximum absolute atomic E-state index is 11.8. The van der Waals surface area contributed by atoms with Crippen LogP contribution in [0.1, 0.15) is 33.1 Å². The molecular formula is C11H20N2O3. The van der Waals surface area contributed by atoms with Crippen LogP contribution in [0.4, 0.5) is 0 Å². The molecule has 1 rings (SSSR count). The van der Waals surface area contributed by atoms with Crippen molar-refractivity contribution < 1.29 is 14.7 Å². The Kier molecular flexibility index (Phi) is 4.29. The third-order valence-corrected chi connectivity index (χ3v) is 3.37. The minimum absolute atomic E-state index is 0.0471. The van der Waals surface area contributed by atoms with E-state index < -0.39 is 5.54 Å². The van der Waals surface area contributed by atoms with E-state index in [-0.39, 0.29) is 30.8 Å². The molecule has 16 heavy (non-hydrogen) atoms. The van der Waals surface area contributed by atoms with Gasteiger partial charge in [0.25, 0.3) is 0 Å². The number of aliphatic hydroxyl groups excluding tert-OH is 1. The Bertz CT molecular complexity index is 280. The van der Waals surface area contributed by atoms with Crippen molar-refractivity contribution in [1.82, 2.24) is 10.6 Å². The molecule has 1 fully saturated rings. The van der Waals surface area contributed by atoms with Gasteiger partial charge in [-0.15, -0.1) is 0 Å². The van der Waals surface area contributed by atoms with Gasteiger partial charge < -0.3 is 15.7 Å². The highest BCUT2D eigenvalue weighted by Crippen LogP contribution is 2.28. The smallest absolute Gasteiger partial charge is 0.246 e. The second-order valence-electron chi connectivity index (χ2n) is 4.31. The van der Waals surface area contributed by atoms with Gasteiger partial charge in [0.05, 0.1) is 6.61 Å². The first-order valence-electron chi connectivity index (χ1n) is 5.77. The van der Waals surface area contributed by atoms with Crippen molar-refractivity contribution >= 4 is 11.8 Å². The molecular weight excluding hydrogens is 208 g/mol. The second kappa shape index (κ2) is 5.30. The van der Waals surface area contributed by atoms with E-state index in [0.29, 0.717) is 13.0 Å². The van der Waals surface area contributed by atoms with E-state index in [1.165, 1.54) is 0 Å². The van der Waals surface area contributed by atoms with Crippen LogP contribution in [-0.2, 0) is 9.59 Å². The first-order chi connectivity index (χ1) is 7.56. The largest absolute Gasteiger partial charge is 0.396 e. The Labute approximate surface area is 95.6 Å². The zero-order valence-corrected chi connectivity index (χ0v) is 9.88. The Morgan fingerprint density at radius 1 is 1.69 bits per heavy atom. The molecule has 0 aliphatic carbocycles. The van der Waals surface area contributed by atoms with Gasteiger partial charge in [0.2, 0.25) is 11.8 Å². The van der Waals surface area contributed by atoms with Crippen molar-refractivity contribution in [1.29, 1.82) is 0 Å². The summed E-state index contributed by atoms with van der Waals surface area (Å²) in [6, 6.07) is 0.